The Morgan fingerprint density at radius 1 is 0.720 bits per heavy atom. The van der Waals surface area contributed by atoms with Gasteiger partial charge in [0.05, 0.1) is 0 Å². The molecule has 0 spiro atoms. The van der Waals surface area contributed by atoms with Crippen molar-refractivity contribution in [1.82, 2.24) is 0 Å². The molecule has 0 radical (unpaired) electrons. The first-order chi connectivity index (χ1) is 12.0. The lowest BCUT2D eigenvalue weighted by molar-refractivity contribution is 0.298. The van der Waals surface area contributed by atoms with Gasteiger partial charge in [-0.25, -0.2) is 0 Å². The summed E-state index contributed by atoms with van der Waals surface area (Å²) in [5.74, 6) is 0.881. The minimum atomic E-state index is -4.04. The van der Waals surface area contributed by atoms with Crippen molar-refractivity contribution >= 4 is 7.82 Å². The predicted molar refractivity (Wildman–Crippen MR) is 95.2 cm³/mol. The molecular formula is C19H17O5P. The Hall–Kier alpha value is -2.91. The van der Waals surface area contributed by atoms with Gasteiger partial charge in [-0.05, 0) is 48.9 Å². The third kappa shape index (κ3) is 4.78. The van der Waals surface area contributed by atoms with Gasteiger partial charge in [-0.15, -0.1) is 0 Å². The molecule has 0 saturated heterocycles. The van der Waals surface area contributed by atoms with E-state index in [1.807, 2.05) is 12.1 Å². The first kappa shape index (κ1) is 16.9. The Morgan fingerprint density at radius 2 is 1.20 bits per heavy atom. The van der Waals surface area contributed by atoms with Crippen LogP contribution in [-0.2, 0) is 4.57 Å². The second-order valence-electron chi connectivity index (χ2n) is 5.35. The molecule has 25 heavy (non-hydrogen) atoms. The molecule has 0 atom stereocenters. The lowest BCUT2D eigenvalue weighted by Crippen LogP contribution is -2.07. The first-order valence-electron chi connectivity index (χ1n) is 7.62. The minimum absolute atomic E-state index is 0.000900. The van der Waals surface area contributed by atoms with Crippen LogP contribution in [-0.4, -0.2) is 5.11 Å². The summed E-state index contributed by atoms with van der Waals surface area (Å²) in [6.07, 6.45) is 0. The van der Waals surface area contributed by atoms with E-state index in [0.29, 0.717) is 11.5 Å². The number of phenolic OH excluding ortho intramolecular Hbond substituents is 1. The second-order valence-corrected chi connectivity index (χ2v) is 6.79. The monoisotopic (exact) mass is 356 g/mol. The molecule has 0 saturated carbocycles. The summed E-state index contributed by atoms with van der Waals surface area (Å²) in [7, 11) is -4.04. The normalized spacial score (nSPS) is 10.9. The molecule has 3 aromatic carbocycles. The van der Waals surface area contributed by atoms with Gasteiger partial charge >= 0.3 is 7.82 Å². The van der Waals surface area contributed by atoms with Crippen molar-refractivity contribution in [3.05, 3.63) is 84.4 Å². The van der Waals surface area contributed by atoms with Crippen molar-refractivity contribution in [2.75, 3.05) is 0 Å². The van der Waals surface area contributed by atoms with Crippen LogP contribution in [0.3, 0.4) is 0 Å². The van der Waals surface area contributed by atoms with Gasteiger partial charge in [-0.2, -0.15) is 4.57 Å². The summed E-state index contributed by atoms with van der Waals surface area (Å²) in [5, 5.41) is 9.72. The van der Waals surface area contributed by atoms with Crippen LogP contribution >= 0.6 is 7.82 Å². The highest BCUT2D eigenvalue weighted by molar-refractivity contribution is 7.49. The lowest BCUT2D eigenvalue weighted by Gasteiger charge is -2.19. The van der Waals surface area contributed by atoms with E-state index in [1.54, 1.807) is 67.6 Å². The van der Waals surface area contributed by atoms with Crippen LogP contribution in [0.1, 0.15) is 5.56 Å². The molecule has 0 amide bonds. The SMILES string of the molecule is Cc1cc(O)cc(OP(=O)(Oc2ccccc2)Oc2ccccc2)c1. The van der Waals surface area contributed by atoms with E-state index in [1.165, 1.54) is 6.07 Å². The molecule has 0 aliphatic rings. The quantitative estimate of drug-likeness (QED) is 0.604. The number of aryl methyl sites for hydroxylation is 1. The largest absolute Gasteiger partial charge is 0.647 e. The van der Waals surface area contributed by atoms with E-state index < -0.39 is 7.82 Å². The Kier molecular flexibility index (Phi) is 4.96. The fourth-order valence-corrected chi connectivity index (χ4v) is 3.42. The summed E-state index contributed by atoms with van der Waals surface area (Å²) in [6, 6.07) is 21.8. The van der Waals surface area contributed by atoms with Crippen molar-refractivity contribution in [1.29, 1.82) is 0 Å². The van der Waals surface area contributed by atoms with E-state index in [0.717, 1.165) is 5.56 Å². The molecule has 0 bridgehead atoms. The van der Waals surface area contributed by atoms with Crippen LogP contribution in [0.15, 0.2) is 78.9 Å². The van der Waals surface area contributed by atoms with Gasteiger partial charge in [-0.1, -0.05) is 36.4 Å². The fraction of sp³-hybridized carbons (Fsp3) is 0.0526. The summed E-state index contributed by atoms with van der Waals surface area (Å²) in [5.41, 5.74) is 0.751. The maximum Gasteiger partial charge on any atom is 0.647 e. The molecule has 3 rings (SSSR count). The van der Waals surface area contributed by atoms with Gasteiger partial charge in [0, 0.05) is 6.07 Å². The van der Waals surface area contributed by atoms with Crippen LogP contribution in [0.4, 0.5) is 0 Å². The smallest absolute Gasteiger partial charge is 0.508 e. The number of aromatic hydroxyl groups is 1. The molecule has 0 aliphatic heterocycles. The highest BCUT2D eigenvalue weighted by Crippen LogP contribution is 2.50. The zero-order chi connectivity index (χ0) is 17.7. The third-order valence-corrected chi connectivity index (χ3v) is 4.48. The Morgan fingerprint density at radius 3 is 1.68 bits per heavy atom. The van der Waals surface area contributed by atoms with Gasteiger partial charge in [0.25, 0.3) is 0 Å². The molecule has 0 fully saturated rings. The fourth-order valence-electron chi connectivity index (χ4n) is 2.19. The molecule has 3 aromatic rings. The standard InChI is InChI=1S/C19H17O5P/c1-15-12-16(20)14-19(13-15)24-25(21,22-17-8-4-2-5-9-17)23-18-10-6-3-7-11-18/h2-14,20H,1H3. The van der Waals surface area contributed by atoms with Crippen LogP contribution < -0.4 is 13.6 Å². The van der Waals surface area contributed by atoms with E-state index in [-0.39, 0.29) is 11.5 Å². The van der Waals surface area contributed by atoms with Crippen molar-refractivity contribution in [2.45, 2.75) is 6.92 Å². The number of rotatable bonds is 6. The van der Waals surface area contributed by atoms with Gasteiger partial charge < -0.3 is 18.7 Å². The van der Waals surface area contributed by atoms with Crippen molar-refractivity contribution in [3.8, 4) is 23.0 Å². The molecule has 0 aliphatic carbocycles. The molecule has 0 unspecified atom stereocenters. The van der Waals surface area contributed by atoms with E-state index in [2.05, 4.69) is 0 Å². The van der Waals surface area contributed by atoms with Crippen LogP contribution in [0, 0.1) is 6.92 Å². The van der Waals surface area contributed by atoms with Crippen molar-refractivity contribution < 1.29 is 23.2 Å². The molecule has 1 N–H and O–H groups in total. The summed E-state index contributed by atoms with van der Waals surface area (Å²) in [6.45, 7) is 1.79. The van der Waals surface area contributed by atoms with Crippen LogP contribution in [0.25, 0.3) is 0 Å². The van der Waals surface area contributed by atoms with E-state index in [4.69, 9.17) is 13.6 Å². The topological polar surface area (TPSA) is 65.0 Å². The summed E-state index contributed by atoms with van der Waals surface area (Å²) in [4.78, 5) is 0. The second kappa shape index (κ2) is 7.32. The summed E-state index contributed by atoms with van der Waals surface area (Å²) < 4.78 is 29.8. The minimum Gasteiger partial charge on any atom is -0.508 e. The molecule has 0 heterocycles. The molecule has 128 valence electrons. The average molecular weight is 356 g/mol. The Bertz CT molecular complexity index is 815. The molecular weight excluding hydrogens is 339 g/mol. The van der Waals surface area contributed by atoms with Crippen LogP contribution in [0.5, 0.6) is 23.0 Å². The number of phosphoric ester groups is 1. The number of hydrogen-bond acceptors (Lipinski definition) is 5. The van der Waals surface area contributed by atoms with Crippen molar-refractivity contribution in [3.63, 3.8) is 0 Å². The van der Waals surface area contributed by atoms with Gasteiger partial charge in [0.1, 0.15) is 23.0 Å². The molecule has 6 heteroatoms. The Balaban J connectivity index is 1.91. The zero-order valence-corrected chi connectivity index (χ0v) is 14.4. The zero-order valence-electron chi connectivity index (χ0n) is 13.5. The third-order valence-electron chi connectivity index (χ3n) is 3.17. The summed E-state index contributed by atoms with van der Waals surface area (Å²) >= 11 is 0. The molecule has 0 aromatic heterocycles. The number of para-hydroxylation sites is 2. The first-order valence-corrected chi connectivity index (χ1v) is 9.08. The number of benzene rings is 3. The molecule has 5 nitrogen and oxygen atoms in total. The van der Waals surface area contributed by atoms with Crippen LogP contribution in [0.2, 0.25) is 0 Å². The highest BCUT2D eigenvalue weighted by atomic mass is 31.2. The Labute approximate surface area is 146 Å². The maximum absolute atomic E-state index is 13.2. The van der Waals surface area contributed by atoms with Gasteiger partial charge in [0.15, 0.2) is 0 Å². The van der Waals surface area contributed by atoms with E-state index >= 15 is 0 Å². The predicted octanol–water partition coefficient (Wildman–Crippen LogP) is 5.35. The lowest BCUT2D eigenvalue weighted by atomic mass is 10.2. The average Bonchev–Trinajstić information content (AvgIpc) is 2.55. The van der Waals surface area contributed by atoms with E-state index in [9.17, 15) is 9.67 Å². The highest BCUT2D eigenvalue weighted by Gasteiger charge is 2.33. The number of phosphoric acid groups is 1. The maximum atomic E-state index is 13.2. The van der Waals surface area contributed by atoms with Crippen molar-refractivity contribution in [2.24, 2.45) is 0 Å². The van der Waals surface area contributed by atoms with Gasteiger partial charge in [0.2, 0.25) is 0 Å². The van der Waals surface area contributed by atoms with Gasteiger partial charge in [-0.3, -0.25) is 0 Å². The number of hydrogen-bond donors (Lipinski definition) is 1. The number of phenols is 1.